The normalized spacial score (nSPS) is 11.9. The minimum Gasteiger partial charge on any atom is -0.354 e. The zero-order valence-corrected chi connectivity index (χ0v) is 37.9. The first kappa shape index (κ1) is 47.3. The second kappa shape index (κ2) is 22.5. The lowest BCUT2D eigenvalue weighted by molar-refractivity contribution is 0.473. The number of nitrogens with two attached hydrogens (primary N) is 1. The van der Waals surface area contributed by atoms with E-state index in [1.807, 2.05) is 60.7 Å². The number of anilines is 2. The van der Waals surface area contributed by atoms with E-state index in [1.165, 1.54) is 39.0 Å². The molecule has 14 heteroatoms. The molecule has 342 valence electrons. The summed E-state index contributed by atoms with van der Waals surface area (Å²) in [6, 6.07) is 39.6. The second-order valence-corrected chi connectivity index (χ2v) is 16.5. The minimum atomic E-state index is -0.366. The number of hydrogen-bond acceptors (Lipinski definition) is 10. The quantitative estimate of drug-likeness (QED) is 0.0744. The van der Waals surface area contributed by atoms with E-state index in [2.05, 4.69) is 51.9 Å². The van der Waals surface area contributed by atoms with Gasteiger partial charge < -0.3 is 21.7 Å². The van der Waals surface area contributed by atoms with Crippen LogP contribution < -0.4 is 32.8 Å². The summed E-state index contributed by atoms with van der Waals surface area (Å²) in [6.07, 6.45) is 8.16. The molecular formula is C53H54F2N10O2. The summed E-state index contributed by atoms with van der Waals surface area (Å²) in [7, 11) is 3.35. The van der Waals surface area contributed by atoms with Crippen molar-refractivity contribution in [1.82, 2.24) is 34.4 Å². The molecule has 0 spiro atoms. The lowest BCUT2D eigenvalue weighted by atomic mass is 10.0. The molecule has 67 heavy (non-hydrogen) atoms. The van der Waals surface area contributed by atoms with Crippen LogP contribution in [-0.2, 0) is 26.9 Å². The molecule has 8 rings (SSSR count). The average Bonchev–Trinajstić information content (AvgIpc) is 3.34. The highest BCUT2D eigenvalue weighted by molar-refractivity contribution is 5.82. The Labute approximate surface area is 388 Å². The van der Waals surface area contributed by atoms with Gasteiger partial charge in [-0.2, -0.15) is 0 Å². The van der Waals surface area contributed by atoms with Gasteiger partial charge in [-0.3, -0.25) is 28.7 Å². The zero-order valence-electron chi connectivity index (χ0n) is 37.9. The predicted molar refractivity (Wildman–Crippen MR) is 264 cm³/mol. The molecule has 4 aromatic carbocycles. The van der Waals surface area contributed by atoms with Gasteiger partial charge in [0.2, 0.25) is 11.9 Å². The molecule has 0 unspecified atom stereocenters. The third-order valence-corrected chi connectivity index (χ3v) is 11.0. The summed E-state index contributed by atoms with van der Waals surface area (Å²) in [4.78, 5) is 44.6. The SMILES string of the molecule is CC(C)N[C@H](CNc1nc(-c2ccncc2)c(-c2ccc(F)cc2)c(=O)n1C)Cc1ccccc1.Cn1c(NC[C@@H](N)Cc2ccccc2)nc(-c2ccncc2)c(-c2ccc(F)cc2)c1=O. The van der Waals surface area contributed by atoms with Gasteiger partial charge in [-0.05, 0) is 83.6 Å². The van der Waals surface area contributed by atoms with Crippen molar-refractivity contribution in [1.29, 1.82) is 0 Å². The molecule has 0 saturated heterocycles. The molecule has 0 aliphatic rings. The van der Waals surface area contributed by atoms with Gasteiger partial charge in [0.05, 0.1) is 22.5 Å². The third kappa shape index (κ3) is 12.4. The number of nitrogens with one attached hydrogen (secondary N) is 3. The van der Waals surface area contributed by atoms with E-state index in [0.29, 0.717) is 71.1 Å². The number of aromatic nitrogens is 6. The molecule has 5 N–H and O–H groups in total. The van der Waals surface area contributed by atoms with Gasteiger partial charge in [0.1, 0.15) is 11.6 Å². The summed E-state index contributed by atoms with van der Waals surface area (Å²) >= 11 is 0. The van der Waals surface area contributed by atoms with Crippen molar-refractivity contribution in [3.8, 4) is 44.8 Å². The summed E-state index contributed by atoms with van der Waals surface area (Å²) in [5.74, 6) is 0.159. The predicted octanol–water partition coefficient (Wildman–Crippen LogP) is 8.30. The molecule has 0 saturated carbocycles. The Bertz CT molecular complexity index is 2950. The Morgan fingerprint density at radius 2 is 0.940 bits per heavy atom. The van der Waals surface area contributed by atoms with Gasteiger partial charge in [0, 0.05) is 81.2 Å². The molecule has 0 aliphatic heterocycles. The highest BCUT2D eigenvalue weighted by Crippen LogP contribution is 2.30. The number of hydrogen-bond donors (Lipinski definition) is 4. The standard InChI is InChI=1S/C28H30FN5O.C25H24FN5O/c1-19(2)32-24(17-20-7-5-4-6-8-20)18-31-28-33-26(22-13-15-30-16-14-22)25(27(35)34(28)3)21-9-11-23(29)12-10-21;1-31-24(32)22(18-7-9-20(26)10-8-18)23(19-11-13-28-14-12-19)30-25(31)29-16-21(27)15-17-5-3-2-4-6-17/h4-16,19,24,32H,17-18H2,1-3H3,(H,31,33);2-14,21H,15-16,27H2,1H3,(H,29,30)/t24-;21-/m00/s1. The average molecular weight is 901 g/mol. The smallest absolute Gasteiger partial charge is 0.263 e. The Hall–Kier alpha value is -7.68. The van der Waals surface area contributed by atoms with Crippen molar-refractivity contribution in [2.45, 2.75) is 44.8 Å². The maximum absolute atomic E-state index is 13.6. The fourth-order valence-electron chi connectivity index (χ4n) is 7.70. The largest absolute Gasteiger partial charge is 0.354 e. The summed E-state index contributed by atoms with van der Waals surface area (Å²) in [5.41, 5.74) is 12.8. The number of rotatable bonds is 16. The van der Waals surface area contributed by atoms with Crippen molar-refractivity contribution < 1.29 is 8.78 Å². The number of nitrogens with zero attached hydrogens (tertiary/aromatic N) is 6. The van der Waals surface area contributed by atoms with Crippen LogP contribution in [0.1, 0.15) is 25.0 Å². The Morgan fingerprint density at radius 1 is 0.537 bits per heavy atom. The summed E-state index contributed by atoms with van der Waals surface area (Å²) in [6.45, 7) is 5.26. The first-order chi connectivity index (χ1) is 32.4. The van der Waals surface area contributed by atoms with Gasteiger partial charge in [-0.15, -0.1) is 0 Å². The van der Waals surface area contributed by atoms with Gasteiger partial charge in [-0.1, -0.05) is 98.8 Å². The molecular weight excluding hydrogens is 847 g/mol. The van der Waals surface area contributed by atoms with E-state index in [4.69, 9.17) is 15.7 Å². The fraction of sp³-hybridized carbons (Fsp3) is 0.208. The molecule has 12 nitrogen and oxygen atoms in total. The van der Waals surface area contributed by atoms with Gasteiger partial charge >= 0.3 is 0 Å². The zero-order chi connectivity index (χ0) is 47.3. The second-order valence-electron chi connectivity index (χ2n) is 16.5. The first-order valence-corrected chi connectivity index (χ1v) is 22.1. The van der Waals surface area contributed by atoms with Crippen molar-refractivity contribution in [2.24, 2.45) is 19.8 Å². The minimum absolute atomic E-state index is 0.135. The Morgan fingerprint density at radius 3 is 1.36 bits per heavy atom. The molecule has 0 aliphatic carbocycles. The molecule has 4 aromatic heterocycles. The van der Waals surface area contributed by atoms with Crippen LogP contribution in [0.3, 0.4) is 0 Å². The van der Waals surface area contributed by atoms with Crippen LogP contribution >= 0.6 is 0 Å². The molecule has 0 bridgehead atoms. The van der Waals surface area contributed by atoms with E-state index in [0.717, 1.165) is 23.1 Å². The van der Waals surface area contributed by atoms with Crippen molar-refractivity contribution >= 4 is 11.9 Å². The Kier molecular flexibility index (Phi) is 15.9. The highest BCUT2D eigenvalue weighted by Gasteiger charge is 2.21. The van der Waals surface area contributed by atoms with E-state index < -0.39 is 0 Å². The number of halogens is 2. The van der Waals surface area contributed by atoms with Gasteiger partial charge in [0.25, 0.3) is 11.1 Å². The molecule has 0 amide bonds. The Balaban J connectivity index is 0.000000200. The van der Waals surface area contributed by atoms with Crippen molar-refractivity contribution in [3.63, 3.8) is 0 Å². The van der Waals surface area contributed by atoms with Crippen LogP contribution in [0.2, 0.25) is 0 Å². The number of pyridine rings is 2. The van der Waals surface area contributed by atoms with Crippen molar-refractivity contribution in [3.05, 3.63) is 202 Å². The highest BCUT2D eigenvalue weighted by atomic mass is 19.1. The third-order valence-electron chi connectivity index (χ3n) is 11.0. The molecule has 8 aromatic rings. The van der Waals surface area contributed by atoms with Gasteiger partial charge in [-0.25, -0.2) is 18.7 Å². The van der Waals surface area contributed by atoms with E-state index in [9.17, 15) is 18.4 Å². The maximum Gasteiger partial charge on any atom is 0.263 e. The van der Waals surface area contributed by atoms with Gasteiger partial charge in [0.15, 0.2) is 0 Å². The van der Waals surface area contributed by atoms with Crippen LogP contribution in [0, 0.1) is 11.6 Å². The fourth-order valence-corrected chi connectivity index (χ4v) is 7.70. The molecule has 4 heterocycles. The summed E-state index contributed by atoms with van der Waals surface area (Å²) < 4.78 is 30.0. The first-order valence-electron chi connectivity index (χ1n) is 22.1. The van der Waals surface area contributed by atoms with E-state index >= 15 is 0 Å². The molecule has 0 fully saturated rings. The maximum atomic E-state index is 13.6. The van der Waals surface area contributed by atoms with Crippen LogP contribution in [0.5, 0.6) is 0 Å². The lowest BCUT2D eigenvalue weighted by Gasteiger charge is -2.23. The lowest BCUT2D eigenvalue weighted by Crippen LogP contribution is -2.42. The molecule has 0 radical (unpaired) electrons. The van der Waals surface area contributed by atoms with E-state index in [-0.39, 0.29) is 34.8 Å². The topological polar surface area (TPSA) is 158 Å². The summed E-state index contributed by atoms with van der Waals surface area (Å²) in [5, 5.41) is 10.2. The van der Waals surface area contributed by atoms with E-state index in [1.54, 1.807) is 75.3 Å². The molecule has 2 atom stereocenters. The monoisotopic (exact) mass is 900 g/mol. The van der Waals surface area contributed by atoms with Crippen LogP contribution in [0.4, 0.5) is 20.7 Å². The number of benzene rings is 4. The van der Waals surface area contributed by atoms with Crippen molar-refractivity contribution in [2.75, 3.05) is 23.7 Å². The van der Waals surface area contributed by atoms with Crippen LogP contribution in [-0.4, -0.2) is 60.3 Å². The van der Waals surface area contributed by atoms with Crippen LogP contribution in [0.25, 0.3) is 44.8 Å². The van der Waals surface area contributed by atoms with Crippen LogP contribution in [0.15, 0.2) is 168 Å².